The summed E-state index contributed by atoms with van der Waals surface area (Å²) in [5, 5.41) is 9.12. The number of hydrogen-bond acceptors (Lipinski definition) is 4. The van der Waals surface area contributed by atoms with E-state index < -0.39 is 6.10 Å². The van der Waals surface area contributed by atoms with Gasteiger partial charge in [-0.25, -0.2) is 0 Å². The normalized spacial score (nSPS) is 15.7. The lowest BCUT2D eigenvalue weighted by atomic mass is 9.99. The van der Waals surface area contributed by atoms with E-state index in [1.807, 2.05) is 0 Å². The van der Waals surface area contributed by atoms with Gasteiger partial charge in [-0.1, -0.05) is 0 Å². The van der Waals surface area contributed by atoms with Crippen molar-refractivity contribution in [3.05, 3.63) is 33.4 Å². The van der Waals surface area contributed by atoms with Gasteiger partial charge in [0.15, 0.2) is 16.9 Å². The van der Waals surface area contributed by atoms with E-state index in [0.717, 1.165) is 6.07 Å². The lowest BCUT2D eigenvalue weighted by Gasteiger charge is -2.16. The molecule has 0 saturated carbocycles. The molecule has 0 radical (unpaired) electrons. The molecule has 2 heterocycles. The van der Waals surface area contributed by atoms with Gasteiger partial charge in [0.1, 0.15) is 0 Å². The molecule has 0 fully saturated rings. The summed E-state index contributed by atoms with van der Waals surface area (Å²) in [5.41, 5.74) is -0.268. The van der Waals surface area contributed by atoms with Crippen molar-refractivity contribution in [2.24, 2.45) is 0 Å². The predicted octanol–water partition coefficient (Wildman–Crippen LogP) is 0.238. The molecule has 1 atom stereocenters. The van der Waals surface area contributed by atoms with Gasteiger partial charge < -0.3 is 9.52 Å². The minimum atomic E-state index is -0.949. The lowest BCUT2D eigenvalue weighted by Crippen LogP contribution is -2.26. The van der Waals surface area contributed by atoms with E-state index in [9.17, 15) is 9.59 Å². The number of rotatable bonds is 1. The molecule has 0 saturated heterocycles. The third-order valence-corrected chi connectivity index (χ3v) is 1.83. The van der Waals surface area contributed by atoms with Gasteiger partial charge in [-0.05, 0) is 6.92 Å². The number of ketones is 1. The molecule has 4 heteroatoms. The first-order chi connectivity index (χ1) is 5.61. The third kappa shape index (κ3) is 0.698. The third-order valence-electron chi connectivity index (χ3n) is 1.83. The van der Waals surface area contributed by atoms with Gasteiger partial charge in [-0.15, -0.1) is 0 Å². The second-order valence-corrected chi connectivity index (χ2v) is 2.72. The van der Waals surface area contributed by atoms with E-state index in [-0.39, 0.29) is 28.3 Å². The van der Waals surface area contributed by atoms with E-state index >= 15 is 0 Å². The fourth-order valence-electron chi connectivity index (χ4n) is 1.24. The molecule has 1 aliphatic heterocycles. The van der Waals surface area contributed by atoms with Gasteiger partial charge in [0, 0.05) is 6.07 Å². The van der Waals surface area contributed by atoms with E-state index in [0.29, 0.717) is 0 Å². The number of carbonyl (C=O) groups is 1. The smallest absolute Gasteiger partial charge is 0.263 e. The minimum Gasteiger partial charge on any atom is -0.448 e. The highest BCUT2D eigenvalue weighted by Gasteiger charge is 2.33. The second-order valence-electron chi connectivity index (χ2n) is 2.72. The summed E-state index contributed by atoms with van der Waals surface area (Å²) in [6, 6.07) is 1.11. The zero-order chi connectivity index (χ0) is 8.88. The molecule has 0 aromatic carbocycles. The van der Waals surface area contributed by atoms with Crippen LogP contribution in [0.1, 0.15) is 34.9 Å². The Morgan fingerprint density at radius 1 is 1.50 bits per heavy atom. The van der Waals surface area contributed by atoms with Crippen LogP contribution in [0.2, 0.25) is 0 Å². The van der Waals surface area contributed by atoms with E-state index in [1.165, 1.54) is 6.92 Å². The quantitative estimate of drug-likeness (QED) is 0.658. The number of aliphatic hydroxyl groups is 1. The van der Waals surface area contributed by atoms with Gasteiger partial charge in [0.05, 0.1) is 11.7 Å². The molecule has 3 rings (SSSR count). The maximum atomic E-state index is 11.1. The summed E-state index contributed by atoms with van der Waals surface area (Å²) in [6.45, 7) is 1.42. The molecule has 0 amide bonds. The molecule has 1 aromatic heterocycles. The average Bonchev–Trinajstić information content (AvgIpc) is 2.02. The summed E-state index contributed by atoms with van der Waals surface area (Å²) in [7, 11) is 0. The summed E-state index contributed by atoms with van der Waals surface area (Å²) in [4.78, 5) is 22.1. The Kier molecular flexibility index (Phi) is 1.23. The highest BCUT2D eigenvalue weighted by Crippen LogP contribution is 2.25. The first-order valence-electron chi connectivity index (χ1n) is 3.52. The number of hydrogen-bond donors (Lipinski definition) is 1. The minimum absolute atomic E-state index is 0.00694. The van der Waals surface area contributed by atoms with Crippen LogP contribution in [0.3, 0.4) is 0 Å². The molecule has 12 heavy (non-hydrogen) atoms. The Balaban J connectivity index is 2.73. The zero-order valence-corrected chi connectivity index (χ0v) is 6.33. The molecule has 1 aliphatic carbocycles. The molecule has 62 valence electrons. The van der Waals surface area contributed by atoms with Gasteiger partial charge in [-0.2, -0.15) is 0 Å². The van der Waals surface area contributed by atoms with Gasteiger partial charge in [0.2, 0.25) is 0 Å². The highest BCUT2D eigenvalue weighted by molar-refractivity contribution is 6.10. The van der Waals surface area contributed by atoms with Crippen molar-refractivity contribution in [3.63, 3.8) is 0 Å². The zero-order valence-electron chi connectivity index (χ0n) is 6.33. The van der Waals surface area contributed by atoms with Crippen molar-refractivity contribution < 1.29 is 14.3 Å². The van der Waals surface area contributed by atoms with Crippen LogP contribution >= 0.6 is 0 Å². The molecule has 4 nitrogen and oxygen atoms in total. The van der Waals surface area contributed by atoms with Crippen LogP contribution in [-0.4, -0.2) is 10.9 Å². The van der Waals surface area contributed by atoms with Crippen molar-refractivity contribution in [1.82, 2.24) is 0 Å². The summed E-state index contributed by atoms with van der Waals surface area (Å²) < 4.78 is 4.84. The molecule has 2 aliphatic rings. The van der Waals surface area contributed by atoms with Crippen LogP contribution in [0, 0.1) is 0 Å². The Labute approximate surface area is 67.4 Å². The van der Waals surface area contributed by atoms with Crippen molar-refractivity contribution in [3.8, 4) is 0 Å². The van der Waals surface area contributed by atoms with Gasteiger partial charge in [-0.3, -0.25) is 9.59 Å². The van der Waals surface area contributed by atoms with Crippen molar-refractivity contribution in [2.75, 3.05) is 0 Å². The molecule has 1 unspecified atom stereocenters. The summed E-state index contributed by atoms with van der Waals surface area (Å²) in [5.74, 6) is -0.197. The molecule has 1 aromatic rings. The first kappa shape index (κ1) is 7.24. The second kappa shape index (κ2) is 2.04. The van der Waals surface area contributed by atoms with Crippen molar-refractivity contribution in [2.45, 2.75) is 13.0 Å². The van der Waals surface area contributed by atoms with Crippen LogP contribution in [0.5, 0.6) is 0 Å². The Bertz CT molecular complexity index is 414. The monoisotopic (exact) mass is 166 g/mol. The average molecular weight is 166 g/mol. The first-order valence-corrected chi connectivity index (χ1v) is 3.52. The van der Waals surface area contributed by atoms with Crippen LogP contribution in [0.15, 0.2) is 15.3 Å². The summed E-state index contributed by atoms with van der Waals surface area (Å²) in [6.07, 6.45) is -0.949. The Morgan fingerprint density at radius 2 is 2.17 bits per heavy atom. The predicted molar refractivity (Wildman–Crippen MR) is 39.0 cm³/mol. The van der Waals surface area contributed by atoms with Crippen LogP contribution < -0.4 is 5.43 Å². The lowest BCUT2D eigenvalue weighted by molar-refractivity contribution is 0.0889. The van der Waals surface area contributed by atoms with E-state index in [1.54, 1.807) is 0 Å². The van der Waals surface area contributed by atoms with Crippen molar-refractivity contribution >= 4 is 5.78 Å². The standard InChI is InChI=1S/C8H6O4/c1-3(9)6-4(10)2-5-7(11)8(6)12-5/h2-3,9H,1H3. The van der Waals surface area contributed by atoms with Crippen LogP contribution in [0.25, 0.3) is 0 Å². The van der Waals surface area contributed by atoms with Crippen LogP contribution in [0.4, 0.5) is 0 Å². The van der Waals surface area contributed by atoms with Crippen molar-refractivity contribution in [1.29, 1.82) is 0 Å². The maximum absolute atomic E-state index is 11.1. The Morgan fingerprint density at radius 3 is 2.58 bits per heavy atom. The fraction of sp³-hybridized carbons (Fsp3) is 0.250. The highest BCUT2D eigenvalue weighted by atomic mass is 16.4. The maximum Gasteiger partial charge on any atom is 0.263 e. The SMILES string of the molecule is CC(O)c1c2oc(cc1=O)C2=O. The summed E-state index contributed by atoms with van der Waals surface area (Å²) >= 11 is 0. The molecule has 1 N–H and O–H groups in total. The number of fused-ring (bicyclic) bond motifs is 2. The topological polar surface area (TPSA) is 67.5 Å². The molecular weight excluding hydrogens is 160 g/mol. The fourth-order valence-corrected chi connectivity index (χ4v) is 1.24. The van der Waals surface area contributed by atoms with Crippen LogP contribution in [-0.2, 0) is 0 Å². The van der Waals surface area contributed by atoms with Gasteiger partial charge in [0.25, 0.3) is 5.78 Å². The number of carbonyl (C=O) groups excluding carboxylic acids is 1. The van der Waals surface area contributed by atoms with Gasteiger partial charge >= 0.3 is 0 Å². The Hall–Kier alpha value is -1.42. The molecular formula is C8H6O4. The molecule has 2 bridgehead atoms. The largest absolute Gasteiger partial charge is 0.448 e. The van der Waals surface area contributed by atoms with E-state index in [2.05, 4.69) is 0 Å². The van der Waals surface area contributed by atoms with E-state index in [4.69, 9.17) is 9.52 Å². The molecule has 0 spiro atoms. The number of aliphatic hydroxyl groups excluding tert-OH is 1.